The Hall–Kier alpha value is -2.70. The first-order valence-electron chi connectivity index (χ1n) is 9.45. The van der Waals surface area contributed by atoms with Gasteiger partial charge >= 0.3 is 5.69 Å². The Bertz CT molecular complexity index is 1140. The summed E-state index contributed by atoms with van der Waals surface area (Å²) in [5.74, 6) is 0.221. The number of fused-ring (bicyclic) bond motifs is 2. The van der Waals surface area contributed by atoms with Crippen LogP contribution in [0.15, 0.2) is 23.0 Å². The second kappa shape index (κ2) is 4.40. The predicted molar refractivity (Wildman–Crippen MR) is 95.0 cm³/mol. The van der Waals surface area contributed by atoms with Crippen LogP contribution in [0.1, 0.15) is 37.3 Å². The van der Waals surface area contributed by atoms with Crippen LogP contribution in [0.3, 0.4) is 0 Å². The van der Waals surface area contributed by atoms with Crippen molar-refractivity contribution in [3.8, 4) is 0 Å². The maximum Gasteiger partial charge on any atom is 0.329 e. The molecule has 3 aliphatic carbocycles. The van der Waals surface area contributed by atoms with E-state index in [9.17, 15) is 19.2 Å². The van der Waals surface area contributed by atoms with Gasteiger partial charge in [-0.25, -0.2) is 4.79 Å². The molecular formula is C20H19N3O4. The zero-order chi connectivity index (χ0) is 18.7. The van der Waals surface area contributed by atoms with Crippen molar-refractivity contribution in [2.75, 3.05) is 0 Å². The first-order chi connectivity index (χ1) is 12.9. The number of piperidine rings is 1. The van der Waals surface area contributed by atoms with Gasteiger partial charge in [-0.3, -0.25) is 24.0 Å². The molecule has 1 aromatic carbocycles. The fourth-order valence-corrected chi connectivity index (χ4v) is 6.59. The molecule has 0 bridgehead atoms. The second-order valence-electron chi connectivity index (χ2n) is 8.70. The topological polar surface area (TPSA) is 90.2 Å². The quantitative estimate of drug-likeness (QED) is 0.643. The molecule has 6 rings (SSSR count). The molecule has 3 unspecified atom stereocenters. The molecule has 27 heavy (non-hydrogen) atoms. The van der Waals surface area contributed by atoms with Crippen molar-refractivity contribution in [1.82, 2.24) is 14.5 Å². The Morgan fingerprint density at radius 1 is 1.26 bits per heavy atom. The molecule has 7 nitrogen and oxygen atoms in total. The number of benzene rings is 1. The minimum atomic E-state index is -0.669. The number of nitrogens with one attached hydrogen (secondary N) is 1. The number of aromatic nitrogens is 2. The number of para-hydroxylation sites is 1. The third-order valence-corrected chi connectivity index (χ3v) is 7.74. The maximum atomic E-state index is 13.0. The zero-order valence-electron chi connectivity index (χ0n) is 14.9. The summed E-state index contributed by atoms with van der Waals surface area (Å²) in [4.78, 5) is 48.4. The van der Waals surface area contributed by atoms with Crippen molar-refractivity contribution in [3.05, 3.63) is 34.2 Å². The van der Waals surface area contributed by atoms with Crippen LogP contribution in [-0.4, -0.2) is 27.2 Å². The van der Waals surface area contributed by atoms with Crippen molar-refractivity contribution in [1.29, 1.82) is 0 Å². The van der Waals surface area contributed by atoms with Gasteiger partial charge in [-0.15, -0.1) is 0 Å². The van der Waals surface area contributed by atoms with E-state index in [0.717, 1.165) is 35.7 Å². The van der Waals surface area contributed by atoms with E-state index in [4.69, 9.17) is 0 Å². The lowest BCUT2D eigenvalue weighted by Gasteiger charge is -2.47. The minimum Gasteiger partial charge on any atom is -0.303 e. The largest absolute Gasteiger partial charge is 0.329 e. The molecule has 0 spiro atoms. The molecule has 138 valence electrons. The Morgan fingerprint density at radius 2 is 2.07 bits per heavy atom. The van der Waals surface area contributed by atoms with E-state index < -0.39 is 11.9 Å². The zero-order valence-corrected chi connectivity index (χ0v) is 14.9. The molecule has 2 heterocycles. The molecule has 1 saturated heterocycles. The summed E-state index contributed by atoms with van der Waals surface area (Å²) in [5, 5.41) is 2.34. The third kappa shape index (κ3) is 1.49. The minimum absolute atomic E-state index is 0.00621. The standard InChI is InChI=1S/C20H19N3O4/c1-22-15-10(19-7-11-16(19)20(11,8-19)9-24)3-2-4-12(15)23(18(22)27)13-5-6-14(25)21-17(13)26/h2-4,9,11,13,16H,5-8H2,1H3,(H,21,25,26)/t11?,13?,16?,19-,20+/m1/s1. The Morgan fingerprint density at radius 3 is 2.74 bits per heavy atom. The van der Waals surface area contributed by atoms with Crippen LogP contribution in [0.25, 0.3) is 11.0 Å². The van der Waals surface area contributed by atoms with Crippen LogP contribution in [0.2, 0.25) is 0 Å². The number of aldehydes is 1. The summed E-state index contributed by atoms with van der Waals surface area (Å²) < 4.78 is 3.16. The SMILES string of the molecule is Cn1c(=O)n(C2CCC(=O)NC2=O)c2cccc([C@]34CC5C3[C@]5(C=O)C4)c21. The van der Waals surface area contributed by atoms with E-state index in [2.05, 4.69) is 11.4 Å². The van der Waals surface area contributed by atoms with E-state index >= 15 is 0 Å². The van der Waals surface area contributed by atoms with Crippen molar-refractivity contribution >= 4 is 29.1 Å². The summed E-state index contributed by atoms with van der Waals surface area (Å²) in [6.45, 7) is 0. The van der Waals surface area contributed by atoms with Gasteiger partial charge in [0.05, 0.1) is 11.0 Å². The Kier molecular flexibility index (Phi) is 2.51. The molecule has 1 aliphatic heterocycles. The molecule has 0 radical (unpaired) electrons. The summed E-state index contributed by atoms with van der Waals surface area (Å²) in [6.07, 6.45) is 3.58. The molecule has 4 fully saturated rings. The molecule has 3 saturated carbocycles. The molecule has 4 aliphatic rings. The van der Waals surface area contributed by atoms with Gasteiger partial charge in [0.25, 0.3) is 0 Å². The fourth-order valence-electron chi connectivity index (χ4n) is 6.59. The molecule has 2 aromatic rings. The van der Waals surface area contributed by atoms with Crippen LogP contribution >= 0.6 is 0 Å². The fraction of sp³-hybridized carbons (Fsp3) is 0.500. The first-order valence-corrected chi connectivity index (χ1v) is 9.45. The van der Waals surface area contributed by atoms with E-state index in [1.54, 1.807) is 11.6 Å². The second-order valence-corrected chi connectivity index (χ2v) is 8.70. The van der Waals surface area contributed by atoms with Gasteiger partial charge in [0.2, 0.25) is 11.8 Å². The smallest absolute Gasteiger partial charge is 0.303 e. The molecule has 1 aromatic heterocycles. The van der Waals surface area contributed by atoms with Crippen LogP contribution < -0.4 is 11.0 Å². The van der Waals surface area contributed by atoms with Gasteiger partial charge in [-0.05, 0) is 42.7 Å². The van der Waals surface area contributed by atoms with Gasteiger partial charge in [0.15, 0.2) is 0 Å². The monoisotopic (exact) mass is 365 g/mol. The number of aryl methyl sites for hydroxylation is 1. The lowest BCUT2D eigenvalue weighted by atomic mass is 9.56. The lowest BCUT2D eigenvalue weighted by Crippen LogP contribution is -2.45. The highest BCUT2D eigenvalue weighted by Gasteiger charge is 2.90. The van der Waals surface area contributed by atoms with Crippen LogP contribution in [0.5, 0.6) is 0 Å². The van der Waals surface area contributed by atoms with Crippen molar-refractivity contribution in [2.24, 2.45) is 24.3 Å². The van der Waals surface area contributed by atoms with E-state index in [0.29, 0.717) is 18.3 Å². The number of carbonyl (C=O) groups excluding carboxylic acids is 3. The number of rotatable bonds is 3. The summed E-state index contributed by atoms with van der Waals surface area (Å²) in [5.41, 5.74) is 2.38. The van der Waals surface area contributed by atoms with Crippen LogP contribution in [-0.2, 0) is 26.8 Å². The normalized spacial score (nSPS) is 38.6. The van der Waals surface area contributed by atoms with Gasteiger partial charge in [-0.1, -0.05) is 12.1 Å². The molecule has 1 N–H and O–H groups in total. The van der Waals surface area contributed by atoms with E-state index in [1.807, 2.05) is 12.1 Å². The highest BCUT2D eigenvalue weighted by Crippen LogP contribution is 2.91. The summed E-state index contributed by atoms with van der Waals surface area (Å²) in [7, 11) is 1.74. The number of hydrogen-bond donors (Lipinski definition) is 1. The first kappa shape index (κ1) is 15.4. The van der Waals surface area contributed by atoms with Gasteiger partial charge in [0, 0.05) is 24.3 Å². The maximum absolute atomic E-state index is 13.0. The van der Waals surface area contributed by atoms with Crippen molar-refractivity contribution in [3.63, 3.8) is 0 Å². The van der Waals surface area contributed by atoms with Crippen LogP contribution in [0.4, 0.5) is 0 Å². The summed E-state index contributed by atoms with van der Waals surface area (Å²) >= 11 is 0. The molecule has 5 atom stereocenters. The van der Waals surface area contributed by atoms with Crippen molar-refractivity contribution < 1.29 is 14.4 Å². The lowest BCUT2D eigenvalue weighted by molar-refractivity contribution is -0.135. The molecular weight excluding hydrogens is 346 g/mol. The third-order valence-electron chi connectivity index (χ3n) is 7.74. The molecule has 7 heteroatoms. The van der Waals surface area contributed by atoms with Gasteiger partial charge in [0.1, 0.15) is 12.3 Å². The highest BCUT2D eigenvalue weighted by atomic mass is 16.2. The number of amides is 2. The number of hydrogen-bond acceptors (Lipinski definition) is 4. The number of imide groups is 1. The summed E-state index contributed by atoms with van der Waals surface area (Å²) in [6, 6.07) is 5.21. The average Bonchev–Trinajstić information content (AvgIpc) is 2.88. The highest BCUT2D eigenvalue weighted by molar-refractivity contribution is 6.00. The van der Waals surface area contributed by atoms with Crippen LogP contribution in [0, 0.1) is 17.3 Å². The molecule has 2 amide bonds. The van der Waals surface area contributed by atoms with Crippen molar-refractivity contribution in [2.45, 2.75) is 37.1 Å². The predicted octanol–water partition coefficient (Wildman–Crippen LogP) is 0.794. The Balaban J connectivity index is 1.52. The van der Waals surface area contributed by atoms with Gasteiger partial charge in [-0.2, -0.15) is 0 Å². The van der Waals surface area contributed by atoms with Gasteiger partial charge < -0.3 is 4.79 Å². The number of imidazole rings is 1. The number of nitrogens with zero attached hydrogens (tertiary/aromatic N) is 2. The average molecular weight is 365 g/mol. The number of carbonyl (C=O) groups is 3. The van der Waals surface area contributed by atoms with E-state index in [1.165, 1.54) is 4.57 Å². The van der Waals surface area contributed by atoms with E-state index in [-0.39, 0.29) is 28.8 Å². The Labute approximate surface area is 154 Å².